The molecule has 2 heterocycles. The first-order valence-electron chi connectivity index (χ1n) is 6.05. The number of aliphatic hydroxyl groups excluding tert-OH is 1. The third kappa shape index (κ3) is 1.96. The average Bonchev–Trinajstić information content (AvgIpc) is 2.63. The zero-order chi connectivity index (χ0) is 16.0. The maximum absolute atomic E-state index is 11.6. The van der Waals surface area contributed by atoms with E-state index in [1.54, 1.807) is 5.92 Å². The van der Waals surface area contributed by atoms with Crippen LogP contribution in [-0.2, 0) is 4.74 Å². The molecule has 2 rings (SSSR count). The quantitative estimate of drug-likeness (QED) is 0.410. The van der Waals surface area contributed by atoms with E-state index < -0.39 is 41.8 Å². The fraction of sp³-hybridized carbons (Fsp3) is 0.500. The van der Waals surface area contributed by atoms with Crippen molar-refractivity contribution in [3.8, 4) is 12.3 Å². The maximum Gasteiger partial charge on any atom is 0.347 e. The van der Waals surface area contributed by atoms with E-state index in [9.17, 15) is 24.9 Å². The Labute approximate surface area is 108 Å². The van der Waals surface area contributed by atoms with Crippen molar-refractivity contribution in [1.29, 1.82) is 0 Å². The van der Waals surface area contributed by atoms with Crippen molar-refractivity contribution in [3.63, 3.8) is 0 Å². The highest BCUT2D eigenvalue weighted by molar-refractivity contribution is 5.18. The number of hydrogen-bond donors (Lipinski definition) is 4. The summed E-state index contributed by atoms with van der Waals surface area (Å²) < 4.78 is 19.7. The van der Waals surface area contributed by atoms with Gasteiger partial charge >= 0.3 is 5.69 Å². The van der Waals surface area contributed by atoms with Crippen LogP contribution < -0.4 is 11.2 Å². The van der Waals surface area contributed by atoms with Crippen LogP contribution in [-0.4, -0.2) is 54.5 Å². The summed E-state index contributed by atoms with van der Waals surface area (Å²) >= 11 is 0. The molecule has 102 valence electrons. The summed E-state index contributed by atoms with van der Waals surface area (Å²) in [7, 11) is 0. The lowest BCUT2D eigenvalue weighted by atomic mass is 9.95. The normalized spacial score (nSPS) is 36.4. The molecule has 0 radical (unpaired) electrons. The van der Waals surface area contributed by atoms with Gasteiger partial charge in [0.1, 0.15) is 18.4 Å². The van der Waals surface area contributed by atoms with E-state index in [0.29, 0.717) is 10.9 Å². The van der Waals surface area contributed by atoms with E-state index in [1.165, 1.54) is 0 Å². The summed E-state index contributed by atoms with van der Waals surface area (Å²) in [6, 6.07) is 0. The van der Waals surface area contributed by atoms with Gasteiger partial charge in [0.05, 0.1) is 9.30 Å². The molecule has 1 aliphatic heterocycles. The minimum absolute atomic E-state index is 0.441. The Balaban J connectivity index is 2.55. The van der Waals surface area contributed by atoms with Gasteiger partial charge in [0.25, 0.3) is 5.56 Å². The Bertz CT molecular complexity index is 704. The zero-order valence-corrected chi connectivity index (χ0v) is 9.35. The lowest BCUT2D eigenvalue weighted by Crippen LogP contribution is -2.48. The zero-order valence-electron chi connectivity index (χ0n) is 11.3. The largest absolute Gasteiger partial charge is 0.394 e. The molecule has 0 aromatic carbocycles. The molecule has 19 heavy (non-hydrogen) atoms. The van der Waals surface area contributed by atoms with Crippen molar-refractivity contribution in [2.45, 2.75) is 24.0 Å². The van der Waals surface area contributed by atoms with Gasteiger partial charge in [-0.05, 0) is 0 Å². The third-order valence-electron chi connectivity index (χ3n) is 2.71. The standard InChI is InChI=1S/C10H11N3O6/c1-2-10(18)7(16)5(4-14)19-8(10)13-9(17)12-6(15)3-11-13/h1,3,5,7-8,14,16,18H,4H2,(H,12,15,17)/t5-,7+,8-,10?/m1/s1/i4D2. The minimum Gasteiger partial charge on any atom is -0.394 e. The van der Waals surface area contributed by atoms with Crippen LogP contribution in [0.4, 0.5) is 0 Å². The number of H-pyrrole nitrogens is 1. The van der Waals surface area contributed by atoms with Crippen LogP contribution in [0.15, 0.2) is 15.8 Å². The van der Waals surface area contributed by atoms with Gasteiger partial charge < -0.3 is 20.1 Å². The molecule has 1 unspecified atom stereocenters. The second-order valence-electron chi connectivity index (χ2n) is 3.84. The number of rotatable bonds is 2. The molecule has 0 bridgehead atoms. The molecule has 1 aromatic heterocycles. The van der Waals surface area contributed by atoms with Gasteiger partial charge in [0.15, 0.2) is 6.23 Å². The molecule has 4 atom stereocenters. The predicted octanol–water partition coefficient (Wildman–Crippen LogP) is -3.45. The fourth-order valence-corrected chi connectivity index (χ4v) is 1.72. The van der Waals surface area contributed by atoms with Gasteiger partial charge in [0, 0.05) is 0 Å². The Hall–Kier alpha value is -1.99. The summed E-state index contributed by atoms with van der Waals surface area (Å²) in [4.78, 5) is 24.4. The van der Waals surface area contributed by atoms with E-state index in [1.807, 2.05) is 4.98 Å². The van der Waals surface area contributed by atoms with Gasteiger partial charge in [-0.3, -0.25) is 9.78 Å². The summed E-state index contributed by atoms with van der Waals surface area (Å²) in [6.07, 6.45) is 0.0579. The lowest BCUT2D eigenvalue weighted by molar-refractivity contribution is -0.0837. The minimum atomic E-state index is -3.04. The number of nitrogens with zero attached hydrogens (tertiary/aromatic N) is 2. The van der Waals surface area contributed by atoms with Crippen molar-refractivity contribution in [2.75, 3.05) is 6.56 Å². The van der Waals surface area contributed by atoms with Crippen molar-refractivity contribution in [2.24, 2.45) is 0 Å². The van der Waals surface area contributed by atoms with Crippen molar-refractivity contribution < 1.29 is 22.8 Å². The molecule has 1 aliphatic rings. The smallest absolute Gasteiger partial charge is 0.347 e. The lowest BCUT2D eigenvalue weighted by Gasteiger charge is -2.25. The van der Waals surface area contributed by atoms with Crippen LogP contribution in [0.1, 0.15) is 8.97 Å². The number of aromatic amines is 1. The number of aromatic nitrogens is 3. The Morgan fingerprint density at radius 2 is 2.42 bits per heavy atom. The molecule has 0 amide bonds. The number of terminal acetylenes is 1. The molecular formula is C10H11N3O6. The number of hydrogen-bond acceptors (Lipinski definition) is 7. The molecule has 9 heteroatoms. The topological polar surface area (TPSA) is 138 Å². The highest BCUT2D eigenvalue weighted by atomic mass is 16.6. The molecule has 1 aromatic rings. The second-order valence-corrected chi connectivity index (χ2v) is 3.84. The van der Waals surface area contributed by atoms with Gasteiger partial charge in [-0.15, -0.1) is 6.42 Å². The predicted molar refractivity (Wildman–Crippen MR) is 59.9 cm³/mol. The van der Waals surface area contributed by atoms with E-state index in [0.717, 1.165) is 0 Å². The first-order chi connectivity index (χ1) is 9.61. The highest BCUT2D eigenvalue weighted by Crippen LogP contribution is 2.36. The van der Waals surface area contributed by atoms with E-state index in [2.05, 4.69) is 5.10 Å². The number of nitrogens with one attached hydrogen (secondary N) is 1. The van der Waals surface area contributed by atoms with Crippen molar-refractivity contribution >= 4 is 0 Å². The summed E-state index contributed by atoms with van der Waals surface area (Å²) in [5.41, 5.74) is -4.43. The molecular weight excluding hydrogens is 258 g/mol. The first kappa shape index (κ1) is 10.9. The Morgan fingerprint density at radius 3 is 2.95 bits per heavy atom. The van der Waals surface area contributed by atoms with Gasteiger partial charge in [-0.25, -0.2) is 4.79 Å². The molecule has 1 saturated heterocycles. The molecule has 0 aliphatic carbocycles. The van der Waals surface area contributed by atoms with E-state index in [4.69, 9.17) is 13.9 Å². The summed E-state index contributed by atoms with van der Waals surface area (Å²) in [6.45, 7) is -3.04. The van der Waals surface area contributed by atoms with E-state index >= 15 is 0 Å². The monoisotopic (exact) mass is 271 g/mol. The van der Waals surface area contributed by atoms with Gasteiger partial charge in [-0.2, -0.15) is 9.78 Å². The van der Waals surface area contributed by atoms with Gasteiger partial charge in [-0.1, -0.05) is 5.92 Å². The SMILES string of the molecule is [2H]C([2H])(O)[C@H]1O[C@@H](n2ncc(=O)[nH]c2=O)C(O)(C#C)[C@H]1O. The van der Waals surface area contributed by atoms with Crippen LogP contribution in [0.2, 0.25) is 0 Å². The first-order valence-corrected chi connectivity index (χ1v) is 5.05. The highest BCUT2D eigenvalue weighted by Gasteiger charge is 2.56. The van der Waals surface area contributed by atoms with Crippen LogP contribution in [0, 0.1) is 12.3 Å². The number of ether oxygens (including phenoxy) is 1. The molecule has 0 spiro atoms. The molecule has 0 saturated carbocycles. The van der Waals surface area contributed by atoms with Crippen molar-refractivity contribution in [1.82, 2.24) is 14.8 Å². The van der Waals surface area contributed by atoms with Crippen LogP contribution >= 0.6 is 0 Å². The fourth-order valence-electron chi connectivity index (χ4n) is 1.72. The maximum atomic E-state index is 11.6. The van der Waals surface area contributed by atoms with Crippen LogP contribution in [0.5, 0.6) is 0 Å². The molecule has 9 nitrogen and oxygen atoms in total. The van der Waals surface area contributed by atoms with E-state index in [-0.39, 0.29) is 0 Å². The molecule has 4 N–H and O–H groups in total. The van der Waals surface area contributed by atoms with Gasteiger partial charge in [0.2, 0.25) is 5.60 Å². The van der Waals surface area contributed by atoms with Crippen molar-refractivity contribution in [3.05, 3.63) is 27.0 Å². The van der Waals surface area contributed by atoms with Crippen LogP contribution in [0.3, 0.4) is 0 Å². The molecule has 1 fully saturated rings. The number of aliphatic hydroxyl groups is 3. The summed E-state index contributed by atoms with van der Waals surface area (Å²) in [5, 5.41) is 32.8. The summed E-state index contributed by atoms with van der Waals surface area (Å²) in [5.74, 6) is 1.79. The Morgan fingerprint density at radius 1 is 1.74 bits per heavy atom. The Kier molecular flexibility index (Phi) is 2.63. The average molecular weight is 271 g/mol. The third-order valence-corrected chi connectivity index (χ3v) is 2.71. The second kappa shape index (κ2) is 4.60. The van der Waals surface area contributed by atoms with Crippen LogP contribution in [0.25, 0.3) is 0 Å².